The van der Waals surface area contributed by atoms with Crippen LogP contribution in [0.15, 0.2) is 25.3 Å². The molecule has 0 fully saturated rings. The number of nitrogen functional groups attached to an aromatic ring is 1. The smallest absolute Gasteiger partial charge is 0.143 e. The molecule has 0 saturated carbocycles. The molecule has 6 nitrogen and oxygen atoms in total. The highest BCUT2D eigenvalue weighted by Gasteiger charge is 2.15. The summed E-state index contributed by atoms with van der Waals surface area (Å²) in [7, 11) is 0. The quantitative estimate of drug-likeness (QED) is 0.360. The molecule has 2 aromatic rings. The summed E-state index contributed by atoms with van der Waals surface area (Å²) in [5, 5.41) is 19.2. The topological polar surface area (TPSA) is 118 Å². The summed E-state index contributed by atoms with van der Waals surface area (Å²) >= 11 is 0. The second-order valence-electron chi connectivity index (χ2n) is 3.76. The van der Waals surface area contributed by atoms with Crippen molar-refractivity contribution < 1.29 is 10.2 Å². The third kappa shape index (κ3) is 1.69. The van der Waals surface area contributed by atoms with E-state index in [1.165, 1.54) is 12.1 Å². The number of aliphatic hydroxyl groups is 1. The monoisotopic (exact) mass is 244 g/mol. The highest BCUT2D eigenvalue weighted by atomic mass is 16.3. The first-order chi connectivity index (χ1) is 8.41. The first-order valence-electron chi connectivity index (χ1n) is 5.04. The molecule has 0 aliphatic carbocycles. The summed E-state index contributed by atoms with van der Waals surface area (Å²) in [5.41, 5.74) is 12.5. The van der Waals surface area contributed by atoms with Gasteiger partial charge in [-0.3, -0.25) is 0 Å². The third-order valence-corrected chi connectivity index (χ3v) is 2.41. The van der Waals surface area contributed by atoms with Gasteiger partial charge in [-0.05, 0) is 12.1 Å². The zero-order chi connectivity index (χ0) is 13.4. The maximum Gasteiger partial charge on any atom is 0.143 e. The van der Waals surface area contributed by atoms with Crippen LogP contribution in [0.5, 0.6) is 5.75 Å². The van der Waals surface area contributed by atoms with Gasteiger partial charge in [0.2, 0.25) is 0 Å². The van der Waals surface area contributed by atoms with Gasteiger partial charge >= 0.3 is 0 Å². The maximum absolute atomic E-state index is 9.72. The van der Waals surface area contributed by atoms with Crippen molar-refractivity contribution in [1.82, 2.24) is 9.97 Å². The minimum absolute atomic E-state index is 0.0793. The van der Waals surface area contributed by atoms with Crippen molar-refractivity contribution in [1.29, 1.82) is 0 Å². The van der Waals surface area contributed by atoms with Crippen LogP contribution in [0.1, 0.15) is 11.4 Å². The summed E-state index contributed by atoms with van der Waals surface area (Å²) in [6.45, 7) is 6.92. The first kappa shape index (κ1) is 11.7. The van der Waals surface area contributed by atoms with Gasteiger partial charge in [-0.15, -0.1) is 0 Å². The maximum atomic E-state index is 9.72. The highest BCUT2D eigenvalue weighted by molar-refractivity contribution is 5.92. The van der Waals surface area contributed by atoms with Gasteiger partial charge in [-0.1, -0.05) is 13.2 Å². The van der Waals surface area contributed by atoms with E-state index in [1.807, 2.05) is 0 Å². The van der Waals surface area contributed by atoms with Crippen LogP contribution in [0.3, 0.4) is 0 Å². The number of fused-ring (bicyclic) bond motifs is 1. The van der Waals surface area contributed by atoms with E-state index in [1.54, 1.807) is 0 Å². The molecule has 0 bridgehead atoms. The molecule has 18 heavy (non-hydrogen) atoms. The Bertz CT molecular complexity index is 621. The van der Waals surface area contributed by atoms with Crippen molar-refractivity contribution in [3.05, 3.63) is 36.7 Å². The van der Waals surface area contributed by atoms with Crippen LogP contribution in [-0.2, 0) is 0 Å². The number of rotatable bonds is 2. The Morgan fingerprint density at radius 1 is 1.11 bits per heavy atom. The Morgan fingerprint density at radius 3 is 2.28 bits per heavy atom. The van der Waals surface area contributed by atoms with Crippen molar-refractivity contribution in [2.24, 2.45) is 5.73 Å². The van der Waals surface area contributed by atoms with Gasteiger partial charge in [0, 0.05) is 0 Å². The number of anilines is 1. The normalized spacial score (nSPS) is 10.4. The largest absolute Gasteiger partial charge is 0.506 e. The molecule has 0 spiro atoms. The number of nitrogens with two attached hydrogens (primary N) is 2. The van der Waals surface area contributed by atoms with Gasteiger partial charge in [0.15, 0.2) is 0 Å². The number of hydrogen-bond acceptors (Lipinski definition) is 6. The summed E-state index contributed by atoms with van der Waals surface area (Å²) < 4.78 is 0. The fraction of sp³-hybridized carbons (Fsp3) is 0. The number of phenols is 1. The van der Waals surface area contributed by atoms with Crippen molar-refractivity contribution >= 4 is 28.2 Å². The highest BCUT2D eigenvalue weighted by Crippen LogP contribution is 2.29. The molecule has 0 amide bonds. The SMILES string of the molecule is C=C(N)c1nc2c(O)ccc(N)c2nc1C(=C)O. The second kappa shape index (κ2) is 3.92. The standard InChI is InChI=1S/C12H12N4O2/c1-5(13)9-10(6(2)17)16-11-7(14)3-4-8(18)12(11)15-9/h3-4,17-18H,1-2,13-14H2. The lowest BCUT2D eigenvalue weighted by molar-refractivity contribution is 0.480. The summed E-state index contributed by atoms with van der Waals surface area (Å²) in [6, 6.07) is 2.90. The molecule has 0 saturated heterocycles. The summed E-state index contributed by atoms with van der Waals surface area (Å²) in [6.07, 6.45) is 0. The molecule has 0 radical (unpaired) electrons. The van der Waals surface area contributed by atoms with E-state index in [0.717, 1.165) is 0 Å². The predicted octanol–water partition coefficient (Wildman–Crippen LogP) is 1.38. The van der Waals surface area contributed by atoms with Crippen molar-refractivity contribution in [3.63, 3.8) is 0 Å². The van der Waals surface area contributed by atoms with Gasteiger partial charge in [-0.25, -0.2) is 9.97 Å². The average Bonchev–Trinajstić information content (AvgIpc) is 2.32. The zero-order valence-corrected chi connectivity index (χ0v) is 9.51. The molecule has 0 unspecified atom stereocenters. The van der Waals surface area contributed by atoms with E-state index in [9.17, 15) is 10.2 Å². The number of aromatic hydroxyl groups is 1. The number of hydrogen-bond donors (Lipinski definition) is 4. The Hall–Kier alpha value is -2.76. The van der Waals surface area contributed by atoms with Crippen molar-refractivity contribution in [3.8, 4) is 5.75 Å². The van der Waals surface area contributed by atoms with E-state index in [4.69, 9.17) is 11.5 Å². The molecule has 1 aromatic carbocycles. The van der Waals surface area contributed by atoms with Crippen LogP contribution in [0.2, 0.25) is 0 Å². The molecule has 6 heteroatoms. The van der Waals surface area contributed by atoms with Gasteiger partial charge in [-0.2, -0.15) is 0 Å². The van der Waals surface area contributed by atoms with E-state index >= 15 is 0 Å². The number of benzene rings is 1. The molecular weight excluding hydrogens is 232 g/mol. The van der Waals surface area contributed by atoms with E-state index in [-0.39, 0.29) is 39.6 Å². The molecule has 92 valence electrons. The van der Waals surface area contributed by atoms with Crippen LogP contribution in [0.25, 0.3) is 22.5 Å². The Morgan fingerprint density at radius 2 is 1.72 bits per heavy atom. The van der Waals surface area contributed by atoms with E-state index in [0.29, 0.717) is 5.69 Å². The van der Waals surface area contributed by atoms with Crippen LogP contribution in [-0.4, -0.2) is 20.2 Å². The molecule has 0 aliphatic heterocycles. The second-order valence-corrected chi connectivity index (χ2v) is 3.76. The van der Waals surface area contributed by atoms with E-state index in [2.05, 4.69) is 23.1 Å². The lowest BCUT2D eigenvalue weighted by Crippen LogP contribution is -2.06. The van der Waals surface area contributed by atoms with Crippen LogP contribution < -0.4 is 11.5 Å². The van der Waals surface area contributed by atoms with Crippen molar-refractivity contribution in [2.75, 3.05) is 5.73 Å². The Kier molecular flexibility index (Phi) is 2.55. The lowest BCUT2D eigenvalue weighted by atomic mass is 10.2. The Labute approximate surface area is 103 Å². The molecule has 6 N–H and O–H groups in total. The van der Waals surface area contributed by atoms with Gasteiger partial charge in [0.05, 0.1) is 11.4 Å². The fourth-order valence-corrected chi connectivity index (χ4v) is 1.57. The predicted molar refractivity (Wildman–Crippen MR) is 70.5 cm³/mol. The van der Waals surface area contributed by atoms with Gasteiger partial charge in [0.25, 0.3) is 0 Å². The first-order valence-corrected chi connectivity index (χ1v) is 5.04. The molecule has 1 heterocycles. The van der Waals surface area contributed by atoms with Crippen LogP contribution in [0.4, 0.5) is 5.69 Å². The van der Waals surface area contributed by atoms with Gasteiger partial charge in [0.1, 0.15) is 33.9 Å². The fourth-order valence-electron chi connectivity index (χ4n) is 1.57. The lowest BCUT2D eigenvalue weighted by Gasteiger charge is -2.10. The summed E-state index contributed by atoms with van der Waals surface area (Å²) in [5.74, 6) is -0.377. The number of aliphatic hydroxyl groups excluding tert-OH is 1. The number of phenolic OH excluding ortho intramolecular Hbond substituents is 1. The van der Waals surface area contributed by atoms with Crippen molar-refractivity contribution in [2.45, 2.75) is 0 Å². The third-order valence-electron chi connectivity index (χ3n) is 2.41. The Balaban J connectivity index is 2.93. The van der Waals surface area contributed by atoms with Crippen LogP contribution in [0, 0.1) is 0 Å². The van der Waals surface area contributed by atoms with E-state index < -0.39 is 0 Å². The van der Waals surface area contributed by atoms with Gasteiger partial charge < -0.3 is 21.7 Å². The minimum atomic E-state index is -0.297. The van der Waals surface area contributed by atoms with Crippen LogP contribution >= 0.6 is 0 Å². The molecule has 0 atom stereocenters. The number of nitrogens with zero attached hydrogens (tertiary/aromatic N) is 2. The minimum Gasteiger partial charge on any atom is -0.506 e. The molecule has 1 aromatic heterocycles. The zero-order valence-electron chi connectivity index (χ0n) is 9.51. The summed E-state index contributed by atoms with van der Waals surface area (Å²) in [4.78, 5) is 8.24. The molecule has 2 rings (SSSR count). The average molecular weight is 244 g/mol. The molecular formula is C12H12N4O2. The number of aromatic nitrogens is 2. The molecule has 0 aliphatic rings.